The highest BCUT2D eigenvalue weighted by molar-refractivity contribution is 7.91. The van der Waals surface area contributed by atoms with Gasteiger partial charge in [0.1, 0.15) is 10.6 Å². The first-order valence-corrected chi connectivity index (χ1v) is 14.8. The van der Waals surface area contributed by atoms with Gasteiger partial charge < -0.3 is 5.73 Å². The molecular weight excluding hydrogens is 578 g/mol. The van der Waals surface area contributed by atoms with Crippen LogP contribution in [0.3, 0.4) is 0 Å². The summed E-state index contributed by atoms with van der Waals surface area (Å²) in [5.41, 5.74) is 5.71. The lowest BCUT2D eigenvalue weighted by Crippen LogP contribution is -2.10. The Morgan fingerprint density at radius 2 is 1.49 bits per heavy atom. The van der Waals surface area contributed by atoms with Crippen LogP contribution in [0.1, 0.15) is 0 Å². The average molecular weight is 596 g/mol. The van der Waals surface area contributed by atoms with Crippen molar-refractivity contribution in [2.45, 2.75) is 14.7 Å². The summed E-state index contributed by atoms with van der Waals surface area (Å²) < 4.78 is 99.1. The molecule has 0 saturated heterocycles. The van der Waals surface area contributed by atoms with Crippen molar-refractivity contribution in [1.82, 2.24) is 0 Å². The maximum Gasteiger partial charge on any atom is 0.295 e. The summed E-state index contributed by atoms with van der Waals surface area (Å²) in [4.78, 5) is -1.28. The van der Waals surface area contributed by atoms with Gasteiger partial charge in [0.15, 0.2) is 22.2 Å². The Morgan fingerprint density at radius 3 is 2.08 bits per heavy atom. The number of hydrogen-bond donors (Lipinski definition) is 4. The van der Waals surface area contributed by atoms with Gasteiger partial charge >= 0.3 is 0 Å². The highest BCUT2D eigenvalue weighted by Gasteiger charge is 2.21. The fourth-order valence-corrected chi connectivity index (χ4v) is 5.63. The zero-order chi connectivity index (χ0) is 27.4. The summed E-state index contributed by atoms with van der Waals surface area (Å²) in [7, 11) is -13.2. The van der Waals surface area contributed by atoms with Gasteiger partial charge in [0.05, 0.1) is 33.5 Å². The number of fused-ring (bicyclic) bond motifs is 1. The van der Waals surface area contributed by atoms with Crippen molar-refractivity contribution in [3.8, 4) is 0 Å². The average Bonchev–Trinajstić information content (AvgIpc) is 2.82. The van der Waals surface area contributed by atoms with Gasteiger partial charge in [-0.25, -0.2) is 13.7 Å². The van der Waals surface area contributed by atoms with E-state index in [4.69, 9.17) is 15.2 Å². The molecule has 0 unspecified atom stereocenters. The molecule has 15 nitrogen and oxygen atoms in total. The largest absolute Gasteiger partial charge is 0.396 e. The molecule has 3 aromatic rings. The van der Waals surface area contributed by atoms with E-state index < -0.39 is 45.6 Å². The molecular formula is C18H17N3O12S4. The van der Waals surface area contributed by atoms with E-state index in [-0.39, 0.29) is 51.7 Å². The van der Waals surface area contributed by atoms with Crippen LogP contribution in [0.25, 0.3) is 10.8 Å². The molecule has 0 saturated carbocycles. The molecule has 0 amide bonds. The Morgan fingerprint density at radius 1 is 0.838 bits per heavy atom. The highest BCUT2D eigenvalue weighted by atomic mass is 32.2. The van der Waals surface area contributed by atoms with Gasteiger partial charge in [0.25, 0.3) is 20.2 Å². The molecule has 3 aromatic carbocycles. The standard InChI is InChI=1S/C18H17N3O12S4/c19-18-15-9-13(36(25,26)27)5-6-14(15)17(37(28,29)30)10-16(18)21-20-11-1-3-12(4-2-11)35(23,24)8-7-31-34-33-32-22/h1-6,9-10,22H,7-8,19H2,(H,25,26,27)(H,28,29,30). The van der Waals surface area contributed by atoms with Crippen molar-refractivity contribution < 1.29 is 53.2 Å². The molecule has 3 rings (SSSR count). The van der Waals surface area contributed by atoms with Crippen LogP contribution in [0.2, 0.25) is 0 Å². The number of nitrogens with zero attached hydrogens (tertiary/aromatic N) is 2. The molecule has 0 atom stereocenters. The molecule has 200 valence electrons. The number of benzene rings is 3. The summed E-state index contributed by atoms with van der Waals surface area (Å²) in [5.74, 6) is -0.423. The molecule has 0 aliphatic rings. The van der Waals surface area contributed by atoms with Crippen LogP contribution in [0.15, 0.2) is 73.4 Å². The van der Waals surface area contributed by atoms with Crippen molar-refractivity contribution in [3.63, 3.8) is 0 Å². The molecule has 0 bridgehead atoms. The first-order chi connectivity index (χ1) is 17.2. The van der Waals surface area contributed by atoms with Crippen LogP contribution < -0.4 is 5.73 Å². The van der Waals surface area contributed by atoms with E-state index in [9.17, 15) is 34.4 Å². The van der Waals surface area contributed by atoms with Gasteiger partial charge in [0.2, 0.25) is 0 Å². The van der Waals surface area contributed by atoms with Gasteiger partial charge in [-0.3, -0.25) is 13.3 Å². The van der Waals surface area contributed by atoms with Crippen LogP contribution in [0, 0.1) is 0 Å². The maximum atomic E-state index is 12.3. The van der Waals surface area contributed by atoms with Gasteiger partial charge in [-0.1, -0.05) is 11.1 Å². The first kappa shape index (κ1) is 28.8. The smallest absolute Gasteiger partial charge is 0.295 e. The van der Waals surface area contributed by atoms with E-state index in [1.807, 2.05) is 0 Å². The van der Waals surface area contributed by atoms with Crippen LogP contribution in [-0.2, 0) is 43.6 Å². The molecule has 0 heterocycles. The van der Waals surface area contributed by atoms with Crippen LogP contribution >= 0.6 is 12.3 Å². The van der Waals surface area contributed by atoms with Crippen LogP contribution in [0.4, 0.5) is 17.1 Å². The second-order valence-corrected chi connectivity index (χ2v) is 12.4. The molecule has 5 N–H and O–H groups in total. The van der Waals surface area contributed by atoms with E-state index in [1.165, 1.54) is 24.3 Å². The highest BCUT2D eigenvalue weighted by Crippen LogP contribution is 2.38. The van der Waals surface area contributed by atoms with Crippen molar-refractivity contribution >= 4 is 70.2 Å². The number of rotatable bonds is 11. The molecule has 0 fully saturated rings. The normalized spacial score (nSPS) is 12.9. The molecule has 0 aliphatic carbocycles. The first-order valence-electron chi connectivity index (χ1n) is 9.56. The third-order valence-corrected chi connectivity index (χ3v) is 8.49. The van der Waals surface area contributed by atoms with E-state index in [0.717, 1.165) is 24.3 Å². The maximum absolute atomic E-state index is 12.3. The Balaban J connectivity index is 1.93. The third kappa shape index (κ3) is 7.19. The fraction of sp³-hybridized carbons (Fsp3) is 0.111. The zero-order valence-corrected chi connectivity index (χ0v) is 21.4. The fourth-order valence-electron chi connectivity index (χ4n) is 2.99. The van der Waals surface area contributed by atoms with Crippen molar-refractivity contribution in [3.05, 3.63) is 48.5 Å². The zero-order valence-electron chi connectivity index (χ0n) is 18.2. The van der Waals surface area contributed by atoms with E-state index in [0.29, 0.717) is 0 Å². The second-order valence-electron chi connectivity index (χ2n) is 7.01. The Labute approximate surface area is 214 Å². The Kier molecular flexibility index (Phi) is 8.85. The van der Waals surface area contributed by atoms with E-state index in [1.54, 1.807) is 0 Å². The van der Waals surface area contributed by atoms with Crippen LogP contribution in [0.5, 0.6) is 0 Å². The van der Waals surface area contributed by atoms with Crippen LogP contribution in [-0.4, -0.2) is 52.0 Å². The number of sulfone groups is 1. The van der Waals surface area contributed by atoms with E-state index >= 15 is 0 Å². The van der Waals surface area contributed by atoms with Gasteiger partial charge in [-0.2, -0.15) is 21.9 Å². The monoisotopic (exact) mass is 595 g/mol. The summed E-state index contributed by atoms with van der Waals surface area (Å²) in [5, 5.41) is 18.7. The SMILES string of the molecule is Nc1c(N=Nc2ccc(S(=O)(=O)CCOSOOO)cc2)cc(S(=O)(=O)O)c2ccc(S(=O)(=O)O)cc12. The minimum Gasteiger partial charge on any atom is -0.396 e. The minimum absolute atomic E-state index is 0.0732. The van der Waals surface area contributed by atoms with Gasteiger partial charge in [0, 0.05) is 10.8 Å². The number of hydrogen-bond acceptors (Lipinski definition) is 14. The lowest BCUT2D eigenvalue weighted by Gasteiger charge is -2.10. The third-order valence-electron chi connectivity index (χ3n) is 4.68. The number of nitrogens with two attached hydrogens (primary N) is 1. The quantitative estimate of drug-likeness (QED) is 0.0473. The van der Waals surface area contributed by atoms with Crippen molar-refractivity contribution in [2.24, 2.45) is 10.2 Å². The number of nitrogen functional groups attached to an aromatic ring is 1. The van der Waals surface area contributed by atoms with E-state index in [2.05, 4.69) is 19.6 Å². The predicted octanol–water partition coefficient (Wildman–Crippen LogP) is 3.11. The van der Waals surface area contributed by atoms with Gasteiger partial charge in [-0.05, 0) is 42.5 Å². The van der Waals surface area contributed by atoms with Gasteiger partial charge in [-0.15, -0.1) is 9.45 Å². The van der Waals surface area contributed by atoms with Crippen molar-refractivity contribution in [2.75, 3.05) is 18.1 Å². The lowest BCUT2D eigenvalue weighted by atomic mass is 10.1. The summed E-state index contributed by atoms with van der Waals surface area (Å²) >= 11 is 0.232. The molecule has 0 radical (unpaired) electrons. The second kappa shape index (κ2) is 11.3. The summed E-state index contributed by atoms with van der Waals surface area (Å²) in [6.45, 7) is -0.283. The predicted molar refractivity (Wildman–Crippen MR) is 129 cm³/mol. The Hall–Kier alpha value is -2.72. The Bertz CT molecular complexity index is 1660. The lowest BCUT2D eigenvalue weighted by molar-refractivity contribution is -0.434. The summed E-state index contributed by atoms with van der Waals surface area (Å²) in [6.07, 6.45) is 0. The number of anilines is 1. The van der Waals surface area contributed by atoms with Crippen molar-refractivity contribution in [1.29, 1.82) is 0 Å². The summed E-state index contributed by atoms with van der Waals surface area (Å²) in [6, 6.07) is 8.88. The molecule has 0 aromatic heterocycles. The minimum atomic E-state index is -4.81. The molecule has 19 heteroatoms. The molecule has 0 aliphatic heterocycles. The number of azo groups is 1. The topological polar surface area (TPSA) is 242 Å². The molecule has 37 heavy (non-hydrogen) atoms. The molecule has 0 spiro atoms.